The van der Waals surface area contributed by atoms with Crippen LogP contribution in [0, 0.1) is 5.92 Å². The molecule has 0 aromatic rings. The number of hydrazine groups is 1. The predicted octanol–water partition coefficient (Wildman–Crippen LogP) is 0.298. The lowest BCUT2D eigenvalue weighted by Gasteiger charge is -2.20. The van der Waals surface area contributed by atoms with Crippen LogP contribution in [0.3, 0.4) is 0 Å². The van der Waals surface area contributed by atoms with E-state index in [0.717, 1.165) is 38.5 Å². The van der Waals surface area contributed by atoms with Crippen molar-refractivity contribution >= 4 is 12.4 Å². The molecule has 0 saturated carbocycles. The lowest BCUT2D eigenvalue weighted by molar-refractivity contribution is 0.0664. The van der Waals surface area contributed by atoms with Crippen LogP contribution in [0.25, 0.3) is 0 Å². The smallest absolute Gasteiger partial charge is 0.0469 e. The van der Waals surface area contributed by atoms with Crippen LogP contribution in [0.15, 0.2) is 0 Å². The fourth-order valence-corrected chi connectivity index (χ4v) is 1.12. The minimum absolute atomic E-state index is 0. The van der Waals surface area contributed by atoms with Crippen LogP contribution < -0.4 is 11.3 Å². The average molecular weight is 167 g/mol. The highest BCUT2D eigenvalue weighted by atomic mass is 35.5. The van der Waals surface area contributed by atoms with E-state index in [1.807, 2.05) is 0 Å². The molecule has 0 aromatic carbocycles. The number of nitrogens with one attached hydrogen (secondary N) is 1. The van der Waals surface area contributed by atoms with E-state index < -0.39 is 0 Å². The van der Waals surface area contributed by atoms with Gasteiger partial charge in [-0.25, -0.2) is 0 Å². The van der Waals surface area contributed by atoms with E-state index in [2.05, 4.69) is 5.43 Å². The number of nitrogens with two attached hydrogens (primary N) is 1. The van der Waals surface area contributed by atoms with Gasteiger partial charge in [0.25, 0.3) is 0 Å². The summed E-state index contributed by atoms with van der Waals surface area (Å²) in [5.41, 5.74) is 2.68. The number of rotatable bonds is 2. The van der Waals surface area contributed by atoms with Gasteiger partial charge in [0.2, 0.25) is 0 Å². The summed E-state index contributed by atoms with van der Waals surface area (Å²) in [6.45, 7) is 2.75. The summed E-state index contributed by atoms with van der Waals surface area (Å²) in [5.74, 6) is 5.91. The van der Waals surface area contributed by atoms with Gasteiger partial charge < -0.3 is 4.74 Å². The number of halogens is 1. The predicted molar refractivity (Wildman–Crippen MR) is 43.0 cm³/mol. The average Bonchev–Trinajstić information content (AvgIpc) is 1.91. The highest BCUT2D eigenvalue weighted by molar-refractivity contribution is 5.85. The van der Waals surface area contributed by atoms with E-state index in [-0.39, 0.29) is 12.4 Å². The molecule has 1 rings (SSSR count). The lowest BCUT2D eigenvalue weighted by atomic mass is 10.0. The van der Waals surface area contributed by atoms with Crippen LogP contribution in [0.2, 0.25) is 0 Å². The Balaban J connectivity index is 0.000000810. The molecule has 1 heterocycles. The highest BCUT2D eigenvalue weighted by Gasteiger charge is 2.11. The summed E-state index contributed by atoms with van der Waals surface area (Å²) in [6.07, 6.45) is 2.31. The van der Waals surface area contributed by atoms with Crippen molar-refractivity contribution in [1.82, 2.24) is 5.43 Å². The summed E-state index contributed by atoms with van der Waals surface area (Å²) in [4.78, 5) is 0. The Labute approximate surface area is 67.7 Å². The topological polar surface area (TPSA) is 47.3 Å². The summed E-state index contributed by atoms with van der Waals surface area (Å²) in [7, 11) is 0. The second-order valence-electron chi connectivity index (χ2n) is 2.46. The molecular formula is C6H15ClN2O. The maximum absolute atomic E-state index is 5.18. The van der Waals surface area contributed by atoms with Gasteiger partial charge in [-0.2, -0.15) is 0 Å². The van der Waals surface area contributed by atoms with Gasteiger partial charge in [-0.1, -0.05) is 0 Å². The van der Waals surface area contributed by atoms with Crippen molar-refractivity contribution in [2.45, 2.75) is 12.8 Å². The molecule has 0 bridgehead atoms. The monoisotopic (exact) mass is 166 g/mol. The quantitative estimate of drug-likeness (QED) is 0.458. The summed E-state index contributed by atoms with van der Waals surface area (Å²) < 4.78 is 5.18. The van der Waals surface area contributed by atoms with Gasteiger partial charge in [0.05, 0.1) is 0 Å². The van der Waals surface area contributed by atoms with Gasteiger partial charge in [0.15, 0.2) is 0 Å². The molecule has 0 atom stereocenters. The van der Waals surface area contributed by atoms with E-state index >= 15 is 0 Å². The molecule has 1 saturated heterocycles. The fourth-order valence-electron chi connectivity index (χ4n) is 1.12. The Hall–Kier alpha value is 0.170. The molecule has 0 amide bonds. The fraction of sp³-hybridized carbons (Fsp3) is 1.00. The van der Waals surface area contributed by atoms with Gasteiger partial charge in [0, 0.05) is 19.8 Å². The van der Waals surface area contributed by atoms with E-state index in [4.69, 9.17) is 10.6 Å². The first kappa shape index (κ1) is 10.2. The van der Waals surface area contributed by atoms with Crippen molar-refractivity contribution in [1.29, 1.82) is 0 Å². The van der Waals surface area contributed by atoms with Crippen LogP contribution in [0.1, 0.15) is 12.8 Å². The SMILES string of the molecule is Cl.NNCC1CCOCC1. The van der Waals surface area contributed by atoms with Crippen molar-refractivity contribution in [2.75, 3.05) is 19.8 Å². The minimum Gasteiger partial charge on any atom is -0.381 e. The molecule has 4 heteroatoms. The van der Waals surface area contributed by atoms with E-state index in [1.165, 1.54) is 0 Å². The van der Waals surface area contributed by atoms with Crippen LogP contribution in [0.4, 0.5) is 0 Å². The third-order valence-corrected chi connectivity index (χ3v) is 1.75. The molecule has 1 aliphatic heterocycles. The first-order valence-corrected chi connectivity index (χ1v) is 3.44. The molecule has 62 valence electrons. The lowest BCUT2D eigenvalue weighted by Crippen LogP contribution is -2.31. The molecule has 0 aromatic heterocycles. The van der Waals surface area contributed by atoms with Crippen LogP contribution in [0.5, 0.6) is 0 Å². The van der Waals surface area contributed by atoms with Crippen molar-refractivity contribution < 1.29 is 4.74 Å². The molecular weight excluding hydrogens is 152 g/mol. The van der Waals surface area contributed by atoms with Gasteiger partial charge in [-0.15, -0.1) is 12.4 Å². The number of hydrogen-bond acceptors (Lipinski definition) is 3. The van der Waals surface area contributed by atoms with E-state index in [0.29, 0.717) is 0 Å². The van der Waals surface area contributed by atoms with Crippen LogP contribution in [-0.4, -0.2) is 19.8 Å². The first-order chi connectivity index (χ1) is 4.43. The van der Waals surface area contributed by atoms with Crippen LogP contribution >= 0.6 is 12.4 Å². The molecule has 3 N–H and O–H groups in total. The molecule has 3 nitrogen and oxygen atoms in total. The second-order valence-corrected chi connectivity index (χ2v) is 2.46. The van der Waals surface area contributed by atoms with Crippen LogP contribution in [-0.2, 0) is 4.74 Å². The number of hydrogen-bond donors (Lipinski definition) is 2. The molecule has 0 spiro atoms. The highest BCUT2D eigenvalue weighted by Crippen LogP contribution is 2.12. The van der Waals surface area contributed by atoms with Crippen molar-refractivity contribution in [3.05, 3.63) is 0 Å². The summed E-state index contributed by atoms with van der Waals surface area (Å²) >= 11 is 0. The van der Waals surface area contributed by atoms with Crippen molar-refractivity contribution in [3.8, 4) is 0 Å². The Bertz CT molecular complexity index is 73.4. The summed E-state index contributed by atoms with van der Waals surface area (Å²) in [6, 6.07) is 0. The third-order valence-electron chi connectivity index (χ3n) is 1.75. The summed E-state index contributed by atoms with van der Waals surface area (Å²) in [5, 5.41) is 0. The molecule has 0 unspecified atom stereocenters. The largest absolute Gasteiger partial charge is 0.381 e. The third kappa shape index (κ3) is 3.37. The van der Waals surface area contributed by atoms with Gasteiger partial charge in [-0.05, 0) is 18.8 Å². The molecule has 1 aliphatic rings. The maximum atomic E-state index is 5.18. The zero-order valence-corrected chi connectivity index (χ0v) is 6.82. The van der Waals surface area contributed by atoms with Crippen molar-refractivity contribution in [2.24, 2.45) is 11.8 Å². The Morgan fingerprint density at radius 2 is 2.00 bits per heavy atom. The molecule has 1 fully saturated rings. The standard InChI is InChI=1S/C6H14N2O.ClH/c7-8-5-6-1-3-9-4-2-6;/h6,8H,1-5,7H2;1H. The molecule has 0 radical (unpaired) electrons. The molecule has 0 aliphatic carbocycles. The Kier molecular flexibility index (Phi) is 6.02. The van der Waals surface area contributed by atoms with Gasteiger partial charge in [-0.3, -0.25) is 11.3 Å². The van der Waals surface area contributed by atoms with E-state index in [1.54, 1.807) is 0 Å². The van der Waals surface area contributed by atoms with Gasteiger partial charge >= 0.3 is 0 Å². The normalized spacial score (nSPS) is 20.1. The zero-order valence-electron chi connectivity index (χ0n) is 6.01. The maximum Gasteiger partial charge on any atom is 0.0469 e. The number of ether oxygens (including phenoxy) is 1. The van der Waals surface area contributed by atoms with Gasteiger partial charge in [0.1, 0.15) is 0 Å². The Morgan fingerprint density at radius 1 is 1.40 bits per heavy atom. The molecule has 10 heavy (non-hydrogen) atoms. The first-order valence-electron chi connectivity index (χ1n) is 3.44. The van der Waals surface area contributed by atoms with Crippen molar-refractivity contribution in [3.63, 3.8) is 0 Å². The minimum atomic E-state index is 0. The zero-order chi connectivity index (χ0) is 6.53. The van der Waals surface area contributed by atoms with E-state index in [9.17, 15) is 0 Å². The Morgan fingerprint density at radius 3 is 2.50 bits per heavy atom. The second kappa shape index (κ2) is 5.92.